The van der Waals surface area contributed by atoms with Crippen LogP contribution in [-0.4, -0.2) is 31.3 Å². The van der Waals surface area contributed by atoms with E-state index in [1.165, 1.54) is 0 Å². The topological polar surface area (TPSA) is 83.5 Å². The Morgan fingerprint density at radius 1 is 0.889 bits per heavy atom. The second kappa shape index (κ2) is 5.17. The highest BCUT2D eigenvalue weighted by molar-refractivity contribution is 5.96. The third-order valence-electron chi connectivity index (χ3n) is 5.47. The maximum absolute atomic E-state index is 12.6. The average molecular weight is 366 g/mol. The molecular weight excluding hydrogens is 352 g/mol. The zero-order chi connectivity index (χ0) is 18.1. The van der Waals surface area contributed by atoms with Crippen molar-refractivity contribution in [3.8, 4) is 23.0 Å². The lowest BCUT2D eigenvalue weighted by molar-refractivity contribution is -0.136. The summed E-state index contributed by atoms with van der Waals surface area (Å²) in [4.78, 5) is 12.6. The Morgan fingerprint density at radius 2 is 1.67 bits per heavy atom. The number of esters is 1. The van der Waals surface area contributed by atoms with Gasteiger partial charge in [0.2, 0.25) is 13.6 Å². The molecule has 4 aliphatic rings. The van der Waals surface area contributed by atoms with Crippen LogP contribution < -0.4 is 18.9 Å². The molecule has 0 saturated heterocycles. The number of rotatable bonds is 1. The summed E-state index contributed by atoms with van der Waals surface area (Å²) in [6, 6.07) is 9.18. The summed E-state index contributed by atoms with van der Waals surface area (Å²) in [6.07, 6.45) is -0.916. The molecule has 0 amide bonds. The minimum absolute atomic E-state index is 0.0876. The van der Waals surface area contributed by atoms with E-state index in [1.807, 2.05) is 24.3 Å². The van der Waals surface area contributed by atoms with E-state index in [1.54, 1.807) is 6.07 Å². The molecule has 1 N–H and O–H groups in total. The van der Waals surface area contributed by atoms with E-state index >= 15 is 0 Å². The summed E-state index contributed by atoms with van der Waals surface area (Å²) in [5, 5.41) is 10.9. The Balaban J connectivity index is 1.63. The average Bonchev–Trinajstić information content (AvgIpc) is 3.41. The molecule has 2 aromatic carbocycles. The van der Waals surface area contributed by atoms with E-state index in [0.717, 1.165) is 11.1 Å². The first-order valence-electron chi connectivity index (χ1n) is 8.62. The van der Waals surface area contributed by atoms with Gasteiger partial charge in [-0.05, 0) is 29.3 Å². The van der Waals surface area contributed by atoms with E-state index < -0.39 is 18.0 Å². The van der Waals surface area contributed by atoms with Gasteiger partial charge in [0, 0.05) is 17.1 Å². The molecule has 27 heavy (non-hydrogen) atoms. The maximum atomic E-state index is 12.6. The van der Waals surface area contributed by atoms with Gasteiger partial charge < -0.3 is 28.8 Å². The summed E-state index contributed by atoms with van der Waals surface area (Å²) < 4.78 is 27.4. The van der Waals surface area contributed by atoms with E-state index in [-0.39, 0.29) is 20.2 Å². The largest absolute Gasteiger partial charge is 0.458 e. The van der Waals surface area contributed by atoms with Gasteiger partial charge in [-0.2, -0.15) is 0 Å². The first kappa shape index (κ1) is 14.9. The number of ether oxygens (including phenoxy) is 5. The van der Waals surface area contributed by atoms with Gasteiger partial charge in [0.1, 0.15) is 12.7 Å². The van der Waals surface area contributed by atoms with Crippen molar-refractivity contribution in [3.05, 3.63) is 58.2 Å². The lowest BCUT2D eigenvalue weighted by atomic mass is 9.73. The molecule has 0 fully saturated rings. The molecule has 0 spiro atoms. The Labute approximate surface area is 153 Å². The molecule has 7 heteroatoms. The number of aliphatic hydroxyl groups is 1. The Hall–Kier alpha value is -3.19. The van der Waals surface area contributed by atoms with Gasteiger partial charge in [-0.3, -0.25) is 0 Å². The van der Waals surface area contributed by atoms with E-state index in [9.17, 15) is 9.90 Å². The van der Waals surface area contributed by atoms with Gasteiger partial charge in [-0.25, -0.2) is 4.79 Å². The predicted molar refractivity (Wildman–Crippen MR) is 89.9 cm³/mol. The van der Waals surface area contributed by atoms with Gasteiger partial charge >= 0.3 is 5.97 Å². The van der Waals surface area contributed by atoms with Crippen molar-refractivity contribution in [2.75, 3.05) is 20.2 Å². The van der Waals surface area contributed by atoms with Crippen LogP contribution in [0.4, 0.5) is 0 Å². The van der Waals surface area contributed by atoms with Crippen molar-refractivity contribution in [2.45, 2.75) is 12.0 Å². The van der Waals surface area contributed by atoms with Gasteiger partial charge in [-0.15, -0.1) is 0 Å². The lowest BCUT2D eigenvalue weighted by Crippen LogP contribution is -2.21. The van der Waals surface area contributed by atoms with Crippen molar-refractivity contribution >= 4 is 5.97 Å². The van der Waals surface area contributed by atoms with Crippen molar-refractivity contribution in [3.63, 3.8) is 0 Å². The summed E-state index contributed by atoms with van der Waals surface area (Å²) in [5.41, 5.74) is 3.31. The molecule has 0 saturated carbocycles. The monoisotopic (exact) mass is 366 g/mol. The van der Waals surface area contributed by atoms with Crippen molar-refractivity contribution in [1.82, 2.24) is 0 Å². The van der Waals surface area contributed by atoms with Crippen LogP contribution >= 0.6 is 0 Å². The molecule has 1 aliphatic carbocycles. The molecule has 0 radical (unpaired) electrons. The maximum Gasteiger partial charge on any atom is 0.335 e. The zero-order valence-corrected chi connectivity index (χ0v) is 14.1. The SMILES string of the molecule is O=C1OCC2=C1[C@H](c1ccc3c(c1)OCO3)c1c(ccc3c1OCO3)[C@H]2O. The molecule has 0 bridgehead atoms. The Morgan fingerprint density at radius 3 is 2.59 bits per heavy atom. The van der Waals surface area contributed by atoms with Crippen LogP contribution in [0.2, 0.25) is 0 Å². The molecule has 3 heterocycles. The van der Waals surface area contributed by atoms with Gasteiger partial charge in [-0.1, -0.05) is 12.1 Å². The molecular formula is C20H14O7. The summed E-state index contributed by atoms with van der Waals surface area (Å²) >= 11 is 0. The molecule has 3 aliphatic heterocycles. The van der Waals surface area contributed by atoms with Gasteiger partial charge in [0.25, 0.3) is 0 Å². The van der Waals surface area contributed by atoms with E-state index in [2.05, 4.69) is 0 Å². The van der Waals surface area contributed by atoms with Gasteiger partial charge in [0.15, 0.2) is 23.0 Å². The predicted octanol–water partition coefficient (Wildman–Crippen LogP) is 2.18. The van der Waals surface area contributed by atoms with Crippen molar-refractivity contribution in [1.29, 1.82) is 0 Å². The molecule has 0 unspecified atom stereocenters. The highest BCUT2D eigenvalue weighted by Gasteiger charge is 2.45. The van der Waals surface area contributed by atoms with Crippen LogP contribution in [-0.2, 0) is 9.53 Å². The first-order valence-corrected chi connectivity index (χ1v) is 8.62. The first-order chi connectivity index (χ1) is 13.2. The van der Waals surface area contributed by atoms with E-state index in [4.69, 9.17) is 23.7 Å². The Kier molecular flexibility index (Phi) is 2.86. The Bertz CT molecular complexity index is 1040. The van der Waals surface area contributed by atoms with Crippen molar-refractivity contribution < 1.29 is 33.6 Å². The van der Waals surface area contributed by atoms with Crippen LogP contribution in [0.25, 0.3) is 0 Å². The van der Waals surface area contributed by atoms with Crippen LogP contribution in [0.1, 0.15) is 28.7 Å². The third-order valence-corrected chi connectivity index (χ3v) is 5.47. The van der Waals surface area contributed by atoms with Crippen LogP contribution in [0.3, 0.4) is 0 Å². The summed E-state index contributed by atoms with van der Waals surface area (Å²) in [7, 11) is 0. The minimum Gasteiger partial charge on any atom is -0.458 e. The highest BCUT2D eigenvalue weighted by Crippen LogP contribution is 2.54. The lowest BCUT2D eigenvalue weighted by Gasteiger charge is -2.30. The fourth-order valence-electron chi connectivity index (χ4n) is 4.26. The normalized spacial score (nSPS) is 24.0. The number of hydrogen-bond donors (Lipinski definition) is 1. The third kappa shape index (κ3) is 1.92. The molecule has 0 aromatic heterocycles. The molecule has 2 aromatic rings. The highest BCUT2D eigenvalue weighted by atomic mass is 16.7. The molecule has 2 atom stereocenters. The summed E-state index contributed by atoms with van der Waals surface area (Å²) in [6.45, 7) is 0.359. The van der Waals surface area contributed by atoms with Crippen molar-refractivity contribution in [2.24, 2.45) is 0 Å². The zero-order valence-electron chi connectivity index (χ0n) is 14.1. The quantitative estimate of drug-likeness (QED) is 0.775. The second-order valence-electron chi connectivity index (χ2n) is 6.77. The molecule has 136 valence electrons. The molecule has 7 nitrogen and oxygen atoms in total. The fourth-order valence-corrected chi connectivity index (χ4v) is 4.26. The van der Waals surface area contributed by atoms with Crippen LogP contribution in [0.5, 0.6) is 23.0 Å². The van der Waals surface area contributed by atoms with Crippen LogP contribution in [0.15, 0.2) is 41.5 Å². The number of cyclic esters (lactones) is 1. The standard InChI is InChI=1S/C20H14O7/c21-18-10-2-4-13-19(27-8-25-13)16(10)15(17-11(18)6-23-20(17)22)9-1-3-12-14(5-9)26-7-24-12/h1-5,15,18,21H,6-8H2/t15-,18-/m1/s1. The minimum atomic E-state index is -0.916. The number of hydrogen-bond acceptors (Lipinski definition) is 7. The molecule has 6 rings (SSSR count). The number of fused-ring (bicyclic) bond motifs is 4. The summed E-state index contributed by atoms with van der Waals surface area (Å²) in [5.74, 6) is 1.57. The number of carbonyl (C=O) groups excluding carboxylic acids is 1. The number of aliphatic hydroxyl groups excluding tert-OH is 1. The van der Waals surface area contributed by atoms with Crippen LogP contribution in [0, 0.1) is 0 Å². The second-order valence-corrected chi connectivity index (χ2v) is 6.77. The number of carbonyl (C=O) groups is 1. The van der Waals surface area contributed by atoms with E-state index in [0.29, 0.717) is 39.7 Å². The van der Waals surface area contributed by atoms with Gasteiger partial charge in [0.05, 0.1) is 5.57 Å². The number of benzene rings is 2. The fraction of sp³-hybridized carbons (Fsp3) is 0.250. The smallest absolute Gasteiger partial charge is 0.335 e.